The van der Waals surface area contributed by atoms with Crippen molar-refractivity contribution in [1.29, 1.82) is 5.41 Å². The van der Waals surface area contributed by atoms with Crippen molar-refractivity contribution >= 4 is 30.0 Å². The van der Waals surface area contributed by atoms with E-state index in [2.05, 4.69) is 10.6 Å². The second kappa shape index (κ2) is 12.0. The highest BCUT2D eigenvalue weighted by Gasteiger charge is 2.18. The van der Waals surface area contributed by atoms with Gasteiger partial charge in [0.1, 0.15) is 0 Å². The van der Waals surface area contributed by atoms with E-state index in [-0.39, 0.29) is 31.9 Å². The average Bonchev–Trinajstić information content (AvgIpc) is 2.51. The molecule has 0 fully saturated rings. The number of hydrogen-bond acceptors (Lipinski definition) is 6. The van der Waals surface area contributed by atoms with Crippen LogP contribution in [0.5, 0.6) is 0 Å². The minimum absolute atomic E-state index is 0.0196. The van der Waals surface area contributed by atoms with Gasteiger partial charge in [0.05, 0.1) is 6.04 Å². The van der Waals surface area contributed by atoms with Crippen LogP contribution in [0.4, 0.5) is 0 Å². The van der Waals surface area contributed by atoms with Crippen LogP contribution in [0, 0.1) is 5.41 Å². The largest absolute Gasteiger partial charge is 0.370 e. The highest BCUT2D eigenvalue weighted by atomic mass is 16.2. The van der Waals surface area contributed by atoms with Crippen molar-refractivity contribution in [2.75, 3.05) is 19.6 Å². The maximum Gasteiger partial charge on any atom is 0.236 e. The van der Waals surface area contributed by atoms with Gasteiger partial charge in [-0.05, 0) is 12.8 Å². The molecule has 0 saturated carbocycles. The lowest BCUT2D eigenvalue weighted by molar-refractivity contribution is -0.143. The number of hydrogen-bond donors (Lipinski definition) is 5. The normalized spacial score (nSPS) is 11.2. The fourth-order valence-corrected chi connectivity index (χ4v) is 1.85. The van der Waals surface area contributed by atoms with Crippen molar-refractivity contribution < 1.29 is 19.2 Å². The first-order valence-corrected chi connectivity index (χ1v) is 7.56. The minimum atomic E-state index is -0.734. The third-order valence-electron chi connectivity index (χ3n) is 3.10. The second-order valence-electron chi connectivity index (χ2n) is 5.09. The molecule has 0 aromatic heterocycles. The van der Waals surface area contributed by atoms with Gasteiger partial charge in [-0.1, -0.05) is 0 Å². The zero-order valence-corrected chi connectivity index (χ0v) is 13.8. The summed E-state index contributed by atoms with van der Waals surface area (Å²) in [5, 5.41) is 12.1. The number of imide groups is 1. The molecule has 0 saturated heterocycles. The van der Waals surface area contributed by atoms with E-state index in [1.54, 1.807) is 6.29 Å². The summed E-state index contributed by atoms with van der Waals surface area (Å²) in [4.78, 5) is 46.1. The molecule has 0 aliphatic rings. The molecular formula is C14H25N6O4. The molecule has 7 N–H and O–H groups in total. The molecule has 0 aromatic rings. The Labute approximate surface area is 140 Å². The molecule has 10 nitrogen and oxygen atoms in total. The van der Waals surface area contributed by atoms with E-state index >= 15 is 0 Å². The van der Waals surface area contributed by atoms with Crippen LogP contribution in [-0.4, -0.2) is 60.5 Å². The number of nitrogens with one attached hydrogen (secondary N) is 3. The topological polar surface area (TPSA) is 171 Å². The molecular weight excluding hydrogens is 316 g/mol. The van der Waals surface area contributed by atoms with Crippen molar-refractivity contribution in [3.63, 3.8) is 0 Å². The molecule has 0 heterocycles. The first-order valence-electron chi connectivity index (χ1n) is 7.56. The van der Waals surface area contributed by atoms with E-state index in [1.165, 1.54) is 6.92 Å². The molecule has 3 amide bonds. The van der Waals surface area contributed by atoms with Crippen LogP contribution in [-0.2, 0) is 19.2 Å². The van der Waals surface area contributed by atoms with E-state index in [9.17, 15) is 19.2 Å². The average molecular weight is 341 g/mol. The van der Waals surface area contributed by atoms with E-state index in [0.29, 0.717) is 19.4 Å². The summed E-state index contributed by atoms with van der Waals surface area (Å²) in [5.74, 6) is -1.48. The predicted octanol–water partition coefficient (Wildman–Crippen LogP) is -2.04. The highest BCUT2D eigenvalue weighted by molar-refractivity contribution is 5.94. The number of nitrogens with two attached hydrogens (primary N) is 2. The Bertz CT molecular complexity index is 468. The van der Waals surface area contributed by atoms with Crippen molar-refractivity contribution in [3.05, 3.63) is 0 Å². The van der Waals surface area contributed by atoms with Crippen LogP contribution in [0.2, 0.25) is 0 Å². The number of amides is 3. The highest BCUT2D eigenvalue weighted by Crippen LogP contribution is 1.98. The van der Waals surface area contributed by atoms with Crippen molar-refractivity contribution in [3.8, 4) is 0 Å². The van der Waals surface area contributed by atoms with Gasteiger partial charge in [0, 0.05) is 39.4 Å². The predicted molar refractivity (Wildman–Crippen MR) is 87.5 cm³/mol. The molecule has 0 spiro atoms. The van der Waals surface area contributed by atoms with Gasteiger partial charge in [-0.3, -0.25) is 29.5 Å². The van der Waals surface area contributed by atoms with Gasteiger partial charge >= 0.3 is 0 Å². The Balaban J connectivity index is 4.07. The lowest BCUT2D eigenvalue weighted by Crippen LogP contribution is -2.43. The van der Waals surface area contributed by atoms with Crippen LogP contribution in [0.1, 0.15) is 32.6 Å². The SMILES string of the molecule is CC(=O)N(CC[C]=O)C(=O)CCNC(=O)[C@@H](N)CCCNC(=N)N. The van der Waals surface area contributed by atoms with E-state index in [1.807, 2.05) is 0 Å². The van der Waals surface area contributed by atoms with Gasteiger partial charge < -0.3 is 22.1 Å². The van der Waals surface area contributed by atoms with E-state index in [4.69, 9.17) is 16.9 Å². The molecule has 0 rings (SSSR count). The van der Waals surface area contributed by atoms with Crippen LogP contribution in [0.3, 0.4) is 0 Å². The van der Waals surface area contributed by atoms with E-state index in [0.717, 1.165) is 4.90 Å². The molecule has 0 bridgehead atoms. The van der Waals surface area contributed by atoms with Gasteiger partial charge in [0.2, 0.25) is 17.7 Å². The van der Waals surface area contributed by atoms with Crippen LogP contribution in [0.25, 0.3) is 0 Å². The van der Waals surface area contributed by atoms with Crippen LogP contribution < -0.4 is 22.1 Å². The van der Waals surface area contributed by atoms with Gasteiger partial charge in [0.15, 0.2) is 12.2 Å². The maximum absolute atomic E-state index is 11.9. The first kappa shape index (κ1) is 21.5. The summed E-state index contributed by atoms with van der Waals surface area (Å²) < 4.78 is 0. The third kappa shape index (κ3) is 9.51. The fourth-order valence-electron chi connectivity index (χ4n) is 1.85. The quantitative estimate of drug-likeness (QED) is 0.163. The lowest BCUT2D eigenvalue weighted by Gasteiger charge is -2.18. The smallest absolute Gasteiger partial charge is 0.236 e. The number of carbonyl (C=O) groups excluding carboxylic acids is 4. The van der Waals surface area contributed by atoms with Crippen molar-refractivity contribution in [2.45, 2.75) is 38.6 Å². The Morgan fingerprint density at radius 3 is 2.46 bits per heavy atom. The summed E-state index contributed by atoms with van der Waals surface area (Å²) in [6.07, 6.45) is 2.47. The molecule has 1 atom stereocenters. The van der Waals surface area contributed by atoms with Crippen molar-refractivity contribution in [2.24, 2.45) is 11.5 Å². The Morgan fingerprint density at radius 1 is 1.25 bits per heavy atom. The molecule has 0 unspecified atom stereocenters. The van der Waals surface area contributed by atoms with Gasteiger partial charge in [-0.15, -0.1) is 0 Å². The van der Waals surface area contributed by atoms with Crippen molar-refractivity contribution in [1.82, 2.24) is 15.5 Å². The van der Waals surface area contributed by atoms with Crippen LogP contribution >= 0.6 is 0 Å². The Morgan fingerprint density at radius 2 is 1.92 bits per heavy atom. The monoisotopic (exact) mass is 341 g/mol. The number of rotatable bonds is 11. The molecule has 135 valence electrons. The van der Waals surface area contributed by atoms with E-state index < -0.39 is 23.8 Å². The maximum atomic E-state index is 11.9. The molecule has 1 radical (unpaired) electrons. The van der Waals surface area contributed by atoms with Crippen LogP contribution in [0.15, 0.2) is 0 Å². The summed E-state index contributed by atoms with van der Waals surface area (Å²) in [5.41, 5.74) is 10.8. The summed E-state index contributed by atoms with van der Waals surface area (Å²) in [6, 6.07) is -0.734. The zero-order valence-electron chi connectivity index (χ0n) is 13.8. The zero-order chi connectivity index (χ0) is 18.5. The fraction of sp³-hybridized carbons (Fsp3) is 0.643. The Hall–Kier alpha value is -2.49. The van der Waals surface area contributed by atoms with Gasteiger partial charge in [-0.25, -0.2) is 0 Å². The number of carbonyl (C=O) groups is 3. The number of guanidine groups is 1. The second-order valence-corrected chi connectivity index (χ2v) is 5.09. The molecule has 10 heteroatoms. The summed E-state index contributed by atoms with van der Waals surface area (Å²) >= 11 is 0. The summed E-state index contributed by atoms with van der Waals surface area (Å²) in [6.45, 7) is 1.70. The first-order chi connectivity index (χ1) is 11.3. The molecule has 0 aromatic carbocycles. The minimum Gasteiger partial charge on any atom is -0.370 e. The van der Waals surface area contributed by atoms with Gasteiger partial charge in [0.25, 0.3) is 0 Å². The summed E-state index contributed by atoms with van der Waals surface area (Å²) in [7, 11) is 0. The number of nitrogens with zero attached hydrogens (tertiary/aromatic N) is 1. The standard InChI is InChI=1S/C14H25N6O4/c1-10(22)20(8-3-9-21)12(23)5-7-18-13(24)11(15)4-2-6-19-14(16)17/h11H,2-8,15H2,1H3,(H,18,24)(H4,16,17,19)/t11-/m0/s1. The lowest BCUT2D eigenvalue weighted by atomic mass is 10.1. The third-order valence-corrected chi connectivity index (χ3v) is 3.10. The van der Waals surface area contributed by atoms with Gasteiger partial charge in [-0.2, -0.15) is 0 Å². The molecule has 24 heavy (non-hydrogen) atoms. The Kier molecular flexibility index (Phi) is 10.8. The molecule has 0 aliphatic heterocycles. The molecule has 0 aliphatic carbocycles.